The SMILES string of the molecule is O=C(Cc1cccc([N+](=O)[O-])c1)N[C@H](Cc1cnc2ccccc2n1)C(=O)O. The Balaban J connectivity index is 1.69. The summed E-state index contributed by atoms with van der Waals surface area (Å²) in [6.07, 6.45) is 1.27. The molecule has 0 aliphatic heterocycles. The first kappa shape index (κ1) is 18.9. The molecule has 0 saturated carbocycles. The highest BCUT2D eigenvalue weighted by molar-refractivity contribution is 5.85. The van der Waals surface area contributed by atoms with Crippen molar-refractivity contribution in [2.45, 2.75) is 18.9 Å². The van der Waals surface area contributed by atoms with Crippen molar-refractivity contribution in [3.05, 3.63) is 76.1 Å². The van der Waals surface area contributed by atoms with Gasteiger partial charge >= 0.3 is 5.97 Å². The highest BCUT2D eigenvalue weighted by Crippen LogP contribution is 2.14. The normalized spacial score (nSPS) is 11.7. The Labute approximate surface area is 159 Å². The maximum absolute atomic E-state index is 12.2. The number of aromatic nitrogens is 2. The van der Waals surface area contributed by atoms with E-state index < -0.39 is 22.8 Å². The summed E-state index contributed by atoms with van der Waals surface area (Å²) in [6.45, 7) is 0. The molecule has 0 saturated heterocycles. The fraction of sp³-hybridized carbons (Fsp3) is 0.158. The van der Waals surface area contributed by atoms with Gasteiger partial charge in [0.2, 0.25) is 5.91 Å². The van der Waals surface area contributed by atoms with Crippen LogP contribution in [0.2, 0.25) is 0 Å². The average Bonchev–Trinajstić information content (AvgIpc) is 2.67. The van der Waals surface area contributed by atoms with Crippen LogP contribution in [0, 0.1) is 10.1 Å². The molecule has 0 spiro atoms. The fourth-order valence-electron chi connectivity index (χ4n) is 2.71. The lowest BCUT2D eigenvalue weighted by Gasteiger charge is -2.14. The number of fused-ring (bicyclic) bond motifs is 1. The maximum Gasteiger partial charge on any atom is 0.326 e. The van der Waals surface area contributed by atoms with Crippen LogP contribution in [-0.4, -0.2) is 37.9 Å². The van der Waals surface area contributed by atoms with E-state index in [-0.39, 0.29) is 18.5 Å². The van der Waals surface area contributed by atoms with E-state index in [9.17, 15) is 24.8 Å². The Morgan fingerprint density at radius 2 is 1.89 bits per heavy atom. The third kappa shape index (κ3) is 4.64. The zero-order chi connectivity index (χ0) is 20.1. The number of carboxylic acid groups (broad SMARTS) is 1. The second kappa shape index (κ2) is 8.21. The predicted octanol–water partition coefficient (Wildman–Crippen LogP) is 1.89. The van der Waals surface area contributed by atoms with Gasteiger partial charge in [-0.15, -0.1) is 0 Å². The largest absolute Gasteiger partial charge is 0.480 e. The lowest BCUT2D eigenvalue weighted by molar-refractivity contribution is -0.384. The molecular weight excluding hydrogens is 364 g/mol. The number of benzene rings is 2. The number of aliphatic carboxylic acids is 1. The van der Waals surface area contributed by atoms with Crippen LogP contribution in [0.1, 0.15) is 11.3 Å². The van der Waals surface area contributed by atoms with Crippen molar-refractivity contribution >= 4 is 28.6 Å². The van der Waals surface area contributed by atoms with E-state index in [1.165, 1.54) is 24.4 Å². The van der Waals surface area contributed by atoms with Crippen molar-refractivity contribution in [1.29, 1.82) is 0 Å². The Hall–Kier alpha value is -3.88. The third-order valence-electron chi connectivity index (χ3n) is 4.03. The summed E-state index contributed by atoms with van der Waals surface area (Å²) in [6, 6.07) is 11.6. The van der Waals surface area contributed by atoms with Gasteiger partial charge in [-0.3, -0.25) is 19.9 Å². The van der Waals surface area contributed by atoms with Gasteiger partial charge in [-0.2, -0.15) is 0 Å². The summed E-state index contributed by atoms with van der Waals surface area (Å²) in [5.74, 6) is -1.76. The molecule has 0 aliphatic carbocycles. The molecule has 3 aromatic rings. The van der Waals surface area contributed by atoms with E-state index >= 15 is 0 Å². The van der Waals surface area contributed by atoms with E-state index in [1.54, 1.807) is 24.3 Å². The Kier molecular flexibility index (Phi) is 5.54. The van der Waals surface area contributed by atoms with Crippen LogP contribution in [0.15, 0.2) is 54.7 Å². The van der Waals surface area contributed by atoms with E-state index in [1.807, 2.05) is 6.07 Å². The molecule has 142 valence electrons. The molecule has 2 N–H and O–H groups in total. The molecule has 9 nitrogen and oxygen atoms in total. The van der Waals surface area contributed by atoms with Crippen LogP contribution < -0.4 is 5.32 Å². The minimum absolute atomic E-state index is 0.0339. The first-order valence-electron chi connectivity index (χ1n) is 8.38. The van der Waals surface area contributed by atoms with Gasteiger partial charge in [0.1, 0.15) is 6.04 Å². The lowest BCUT2D eigenvalue weighted by atomic mass is 10.1. The van der Waals surface area contributed by atoms with E-state index in [0.717, 1.165) is 0 Å². The first-order chi connectivity index (χ1) is 13.4. The number of non-ortho nitro benzene ring substituents is 1. The number of nitro benzene ring substituents is 1. The number of nitrogens with one attached hydrogen (secondary N) is 1. The van der Waals surface area contributed by atoms with Crippen LogP contribution in [0.25, 0.3) is 11.0 Å². The van der Waals surface area contributed by atoms with Gasteiger partial charge in [0, 0.05) is 24.8 Å². The van der Waals surface area contributed by atoms with Crippen LogP contribution in [0.3, 0.4) is 0 Å². The number of carbonyl (C=O) groups is 2. The molecule has 0 aliphatic rings. The molecule has 28 heavy (non-hydrogen) atoms. The highest BCUT2D eigenvalue weighted by Gasteiger charge is 2.22. The molecule has 1 aromatic heterocycles. The third-order valence-corrected chi connectivity index (χ3v) is 4.03. The monoisotopic (exact) mass is 380 g/mol. The smallest absolute Gasteiger partial charge is 0.326 e. The molecule has 2 aromatic carbocycles. The summed E-state index contributed by atoms with van der Waals surface area (Å²) in [5, 5.41) is 22.7. The van der Waals surface area contributed by atoms with Gasteiger partial charge in [0.05, 0.1) is 28.1 Å². The Morgan fingerprint density at radius 1 is 1.14 bits per heavy atom. The molecule has 0 fully saturated rings. The average molecular weight is 380 g/mol. The summed E-state index contributed by atoms with van der Waals surface area (Å²) in [4.78, 5) is 42.6. The van der Waals surface area contributed by atoms with E-state index in [4.69, 9.17) is 0 Å². The first-order valence-corrected chi connectivity index (χ1v) is 8.38. The zero-order valence-electron chi connectivity index (χ0n) is 14.6. The van der Waals surface area contributed by atoms with Crippen molar-refractivity contribution in [2.75, 3.05) is 0 Å². The number of rotatable bonds is 7. The molecule has 1 heterocycles. The van der Waals surface area contributed by atoms with Gasteiger partial charge in [0.25, 0.3) is 5.69 Å². The molecule has 9 heteroatoms. The molecular formula is C19H16N4O5. The van der Waals surface area contributed by atoms with E-state index in [2.05, 4.69) is 15.3 Å². The summed E-state index contributed by atoms with van der Waals surface area (Å²) in [5.41, 5.74) is 2.04. The number of nitrogens with zero attached hydrogens (tertiary/aromatic N) is 3. The number of hydrogen-bond donors (Lipinski definition) is 2. The van der Waals surface area contributed by atoms with Gasteiger partial charge in [-0.25, -0.2) is 9.78 Å². The molecule has 3 rings (SSSR count). The Morgan fingerprint density at radius 3 is 2.61 bits per heavy atom. The number of carboxylic acids is 1. The number of amides is 1. The predicted molar refractivity (Wildman–Crippen MR) is 99.6 cm³/mol. The van der Waals surface area contributed by atoms with Crippen molar-refractivity contribution < 1.29 is 19.6 Å². The topological polar surface area (TPSA) is 135 Å². The van der Waals surface area contributed by atoms with Crippen LogP contribution >= 0.6 is 0 Å². The van der Waals surface area contributed by atoms with Gasteiger partial charge in [-0.05, 0) is 17.7 Å². The molecule has 1 atom stereocenters. The minimum Gasteiger partial charge on any atom is -0.480 e. The fourth-order valence-corrected chi connectivity index (χ4v) is 2.71. The van der Waals surface area contributed by atoms with Crippen LogP contribution in [-0.2, 0) is 22.4 Å². The number of nitro groups is 1. The Bertz CT molecular complexity index is 1050. The maximum atomic E-state index is 12.2. The standard InChI is InChI=1S/C19H16N4O5/c24-18(9-12-4-3-5-14(8-12)23(27)28)22-17(19(25)26)10-13-11-20-15-6-1-2-7-16(15)21-13/h1-8,11,17H,9-10H2,(H,22,24)(H,25,26)/t17-/m1/s1. The summed E-state index contributed by atoms with van der Waals surface area (Å²) >= 11 is 0. The molecule has 1 amide bonds. The number of hydrogen-bond acceptors (Lipinski definition) is 6. The van der Waals surface area contributed by atoms with Crippen molar-refractivity contribution in [2.24, 2.45) is 0 Å². The molecule has 0 bridgehead atoms. The second-order valence-corrected chi connectivity index (χ2v) is 6.12. The summed E-state index contributed by atoms with van der Waals surface area (Å²) in [7, 11) is 0. The van der Waals surface area contributed by atoms with Crippen molar-refractivity contribution in [3.63, 3.8) is 0 Å². The van der Waals surface area contributed by atoms with E-state index in [0.29, 0.717) is 22.3 Å². The highest BCUT2D eigenvalue weighted by atomic mass is 16.6. The van der Waals surface area contributed by atoms with Crippen molar-refractivity contribution in [1.82, 2.24) is 15.3 Å². The summed E-state index contributed by atoms with van der Waals surface area (Å²) < 4.78 is 0. The van der Waals surface area contributed by atoms with Gasteiger partial charge in [0.15, 0.2) is 0 Å². The quantitative estimate of drug-likeness (QED) is 0.472. The molecule has 0 radical (unpaired) electrons. The number of para-hydroxylation sites is 2. The van der Waals surface area contributed by atoms with Gasteiger partial charge < -0.3 is 10.4 Å². The number of carbonyl (C=O) groups excluding carboxylic acids is 1. The minimum atomic E-state index is -1.21. The van der Waals surface area contributed by atoms with Crippen molar-refractivity contribution in [3.8, 4) is 0 Å². The van der Waals surface area contributed by atoms with Crippen LogP contribution in [0.4, 0.5) is 5.69 Å². The lowest BCUT2D eigenvalue weighted by Crippen LogP contribution is -2.43. The van der Waals surface area contributed by atoms with Gasteiger partial charge in [-0.1, -0.05) is 24.3 Å². The second-order valence-electron chi connectivity index (χ2n) is 6.12. The molecule has 0 unspecified atom stereocenters. The zero-order valence-corrected chi connectivity index (χ0v) is 14.6. The van der Waals surface area contributed by atoms with Crippen LogP contribution in [0.5, 0.6) is 0 Å².